The first-order valence-corrected chi connectivity index (χ1v) is 7.56. The van der Waals surface area contributed by atoms with Gasteiger partial charge in [0, 0.05) is 13.1 Å². The summed E-state index contributed by atoms with van der Waals surface area (Å²) < 4.78 is 32.2. The first kappa shape index (κ1) is 15.9. The van der Waals surface area contributed by atoms with Crippen molar-refractivity contribution in [1.82, 2.24) is 9.62 Å². The predicted octanol–water partition coefficient (Wildman–Crippen LogP) is 1.15. The van der Waals surface area contributed by atoms with Crippen LogP contribution in [0.15, 0.2) is 17.0 Å². The minimum absolute atomic E-state index is 0.310. The van der Waals surface area contributed by atoms with Crippen molar-refractivity contribution >= 4 is 10.0 Å². The Bertz CT molecular complexity index is 539. The van der Waals surface area contributed by atoms with Crippen molar-refractivity contribution in [2.45, 2.75) is 18.7 Å². The summed E-state index contributed by atoms with van der Waals surface area (Å²) in [5, 5.41) is 0. The zero-order valence-corrected chi connectivity index (χ0v) is 13.0. The van der Waals surface area contributed by atoms with E-state index >= 15 is 0 Å². The van der Waals surface area contributed by atoms with E-state index in [0.717, 1.165) is 11.1 Å². The molecule has 0 fully saturated rings. The second-order valence-corrected chi connectivity index (χ2v) is 6.45. The number of sulfonamides is 1. The van der Waals surface area contributed by atoms with Crippen LogP contribution in [0.2, 0.25) is 0 Å². The average molecular weight is 286 g/mol. The van der Waals surface area contributed by atoms with Crippen molar-refractivity contribution in [3.05, 3.63) is 23.3 Å². The molecule has 0 saturated heterocycles. The number of likely N-dealkylation sites (N-methyl/N-ethyl adjacent to an activating group) is 1. The Balaban J connectivity index is 2.99. The number of hydrogen-bond acceptors (Lipinski definition) is 4. The van der Waals surface area contributed by atoms with Gasteiger partial charge in [0.15, 0.2) is 0 Å². The molecule has 5 nitrogen and oxygen atoms in total. The van der Waals surface area contributed by atoms with E-state index in [-0.39, 0.29) is 0 Å². The van der Waals surface area contributed by atoms with E-state index in [0.29, 0.717) is 23.7 Å². The minimum atomic E-state index is -3.47. The molecule has 6 heteroatoms. The maximum absolute atomic E-state index is 12.2. The number of ether oxygens (including phenoxy) is 1. The first-order valence-electron chi connectivity index (χ1n) is 6.08. The summed E-state index contributed by atoms with van der Waals surface area (Å²) >= 11 is 0. The highest BCUT2D eigenvalue weighted by Crippen LogP contribution is 2.26. The highest BCUT2D eigenvalue weighted by atomic mass is 32.2. The number of methoxy groups -OCH3 is 1. The van der Waals surface area contributed by atoms with Gasteiger partial charge < -0.3 is 9.64 Å². The van der Waals surface area contributed by atoms with Gasteiger partial charge in [0.25, 0.3) is 0 Å². The molecule has 0 atom stereocenters. The Morgan fingerprint density at radius 3 is 2.37 bits per heavy atom. The van der Waals surface area contributed by atoms with Gasteiger partial charge in [-0.2, -0.15) is 0 Å². The smallest absolute Gasteiger partial charge is 0.240 e. The summed E-state index contributed by atoms with van der Waals surface area (Å²) in [6.45, 7) is 4.69. The molecule has 1 aromatic rings. The van der Waals surface area contributed by atoms with Crippen LogP contribution in [0.4, 0.5) is 0 Å². The van der Waals surface area contributed by atoms with Crippen LogP contribution in [0.5, 0.6) is 5.75 Å². The number of nitrogens with one attached hydrogen (secondary N) is 1. The molecule has 1 rings (SSSR count). The lowest BCUT2D eigenvalue weighted by atomic mass is 10.1. The molecule has 0 bridgehead atoms. The second kappa shape index (κ2) is 6.36. The molecular weight excluding hydrogens is 264 g/mol. The Morgan fingerprint density at radius 1 is 1.21 bits per heavy atom. The number of hydrogen-bond donors (Lipinski definition) is 1. The van der Waals surface area contributed by atoms with Gasteiger partial charge >= 0.3 is 0 Å². The van der Waals surface area contributed by atoms with Crippen molar-refractivity contribution in [2.24, 2.45) is 0 Å². The van der Waals surface area contributed by atoms with E-state index in [1.165, 1.54) is 0 Å². The van der Waals surface area contributed by atoms with Gasteiger partial charge in [-0.15, -0.1) is 0 Å². The van der Waals surface area contributed by atoms with Crippen molar-refractivity contribution in [3.8, 4) is 5.75 Å². The van der Waals surface area contributed by atoms with Crippen LogP contribution in [-0.2, 0) is 10.0 Å². The quantitative estimate of drug-likeness (QED) is 0.852. The maximum Gasteiger partial charge on any atom is 0.240 e. The predicted molar refractivity (Wildman–Crippen MR) is 76.2 cm³/mol. The SMILES string of the molecule is COc1ccc(S(=O)(=O)NCCN(C)C)c(C)c1C. The Labute approximate surface area is 115 Å². The van der Waals surface area contributed by atoms with Crippen LogP contribution in [0.3, 0.4) is 0 Å². The lowest BCUT2D eigenvalue weighted by Gasteiger charge is -2.15. The van der Waals surface area contributed by atoms with Gasteiger partial charge in [-0.1, -0.05) is 0 Å². The standard InChI is InChI=1S/C13H22N2O3S/c1-10-11(2)13(7-6-12(10)18-5)19(16,17)14-8-9-15(3)4/h6-7,14H,8-9H2,1-5H3. The van der Waals surface area contributed by atoms with Crippen LogP contribution in [0.1, 0.15) is 11.1 Å². The lowest BCUT2D eigenvalue weighted by molar-refractivity contribution is 0.410. The largest absolute Gasteiger partial charge is 0.496 e. The zero-order chi connectivity index (χ0) is 14.6. The molecule has 0 spiro atoms. The fourth-order valence-corrected chi connectivity index (χ4v) is 3.08. The molecule has 1 aromatic carbocycles. The van der Waals surface area contributed by atoms with Gasteiger partial charge in [-0.25, -0.2) is 13.1 Å². The highest BCUT2D eigenvalue weighted by Gasteiger charge is 2.18. The zero-order valence-electron chi connectivity index (χ0n) is 12.1. The second-order valence-electron chi connectivity index (χ2n) is 4.72. The number of nitrogens with zero attached hydrogens (tertiary/aromatic N) is 1. The molecule has 0 amide bonds. The fraction of sp³-hybridized carbons (Fsp3) is 0.538. The molecule has 0 heterocycles. The van der Waals surface area contributed by atoms with Crippen LogP contribution >= 0.6 is 0 Å². The average Bonchev–Trinajstić information content (AvgIpc) is 2.31. The highest BCUT2D eigenvalue weighted by molar-refractivity contribution is 7.89. The lowest BCUT2D eigenvalue weighted by Crippen LogP contribution is -2.31. The topological polar surface area (TPSA) is 58.6 Å². The fourth-order valence-electron chi connectivity index (χ4n) is 1.76. The van der Waals surface area contributed by atoms with Gasteiger partial charge in [0.2, 0.25) is 10.0 Å². The molecule has 0 aromatic heterocycles. The van der Waals surface area contributed by atoms with E-state index in [4.69, 9.17) is 4.74 Å². The molecule has 0 aliphatic carbocycles. The van der Waals surface area contributed by atoms with Crippen molar-refractivity contribution in [3.63, 3.8) is 0 Å². The molecule has 0 radical (unpaired) electrons. The van der Waals surface area contributed by atoms with E-state index < -0.39 is 10.0 Å². The van der Waals surface area contributed by atoms with Crippen LogP contribution in [0, 0.1) is 13.8 Å². The third kappa shape index (κ3) is 3.92. The summed E-state index contributed by atoms with van der Waals surface area (Å²) in [5.41, 5.74) is 1.56. The molecule has 0 unspecified atom stereocenters. The van der Waals surface area contributed by atoms with E-state index in [1.54, 1.807) is 26.2 Å². The molecule has 19 heavy (non-hydrogen) atoms. The van der Waals surface area contributed by atoms with Gasteiger partial charge in [-0.3, -0.25) is 0 Å². The van der Waals surface area contributed by atoms with Crippen LogP contribution < -0.4 is 9.46 Å². The third-order valence-electron chi connectivity index (χ3n) is 3.05. The van der Waals surface area contributed by atoms with Crippen LogP contribution in [-0.4, -0.2) is 47.6 Å². The molecule has 0 saturated carbocycles. The van der Waals surface area contributed by atoms with E-state index in [1.807, 2.05) is 25.9 Å². The number of benzene rings is 1. The number of rotatable bonds is 6. The molecule has 108 valence electrons. The molecule has 1 N–H and O–H groups in total. The Hall–Kier alpha value is -1.11. The van der Waals surface area contributed by atoms with E-state index in [2.05, 4.69) is 4.72 Å². The van der Waals surface area contributed by atoms with Gasteiger partial charge in [-0.05, 0) is 51.2 Å². The molecular formula is C13H22N2O3S. The molecule has 0 aliphatic rings. The first-order chi connectivity index (χ1) is 8.79. The summed E-state index contributed by atoms with van der Waals surface area (Å²) in [7, 11) is 1.91. The third-order valence-corrected chi connectivity index (χ3v) is 4.65. The molecule has 0 aliphatic heterocycles. The van der Waals surface area contributed by atoms with Crippen molar-refractivity contribution < 1.29 is 13.2 Å². The normalized spacial score (nSPS) is 11.9. The monoisotopic (exact) mass is 286 g/mol. The summed E-state index contributed by atoms with van der Waals surface area (Å²) in [4.78, 5) is 2.24. The summed E-state index contributed by atoms with van der Waals surface area (Å²) in [6.07, 6.45) is 0. The van der Waals surface area contributed by atoms with Crippen molar-refractivity contribution in [2.75, 3.05) is 34.3 Å². The maximum atomic E-state index is 12.2. The minimum Gasteiger partial charge on any atom is -0.496 e. The Morgan fingerprint density at radius 2 is 1.84 bits per heavy atom. The van der Waals surface area contributed by atoms with Crippen LogP contribution in [0.25, 0.3) is 0 Å². The van der Waals surface area contributed by atoms with Gasteiger partial charge in [0.1, 0.15) is 5.75 Å². The Kier molecular flexibility index (Phi) is 5.34. The van der Waals surface area contributed by atoms with E-state index in [9.17, 15) is 8.42 Å². The van der Waals surface area contributed by atoms with Crippen molar-refractivity contribution in [1.29, 1.82) is 0 Å². The summed E-state index contributed by atoms with van der Waals surface area (Å²) in [5.74, 6) is 0.699. The van der Waals surface area contributed by atoms with Gasteiger partial charge in [0.05, 0.1) is 12.0 Å². The summed E-state index contributed by atoms with van der Waals surface area (Å²) in [6, 6.07) is 3.27.